The lowest BCUT2D eigenvalue weighted by atomic mass is 10.0. The van der Waals surface area contributed by atoms with E-state index in [-0.39, 0.29) is 12.3 Å². The van der Waals surface area contributed by atoms with E-state index in [1.54, 1.807) is 36.7 Å². The molecule has 1 aliphatic rings. The van der Waals surface area contributed by atoms with E-state index in [0.717, 1.165) is 47.6 Å². The molecule has 36 heavy (non-hydrogen) atoms. The fraction of sp³-hybridized carbons (Fsp3) is 0.259. The van der Waals surface area contributed by atoms with Gasteiger partial charge < -0.3 is 25.0 Å². The van der Waals surface area contributed by atoms with Crippen LogP contribution >= 0.6 is 0 Å². The number of fused-ring (bicyclic) bond motifs is 3. The largest absolute Gasteiger partial charge is 0.481 e. The van der Waals surface area contributed by atoms with E-state index in [2.05, 4.69) is 20.2 Å². The second-order valence-electron chi connectivity index (χ2n) is 8.94. The lowest BCUT2D eigenvalue weighted by molar-refractivity contribution is -0.137. The number of nitrogens with one attached hydrogen (secondary N) is 2. The van der Waals surface area contributed by atoms with Crippen LogP contribution in [0.25, 0.3) is 11.0 Å². The topological polar surface area (TPSA) is 118 Å². The molecule has 1 unspecified atom stereocenters. The fourth-order valence-corrected chi connectivity index (χ4v) is 4.61. The van der Waals surface area contributed by atoms with Gasteiger partial charge in [0.05, 0.1) is 18.0 Å². The van der Waals surface area contributed by atoms with Crippen molar-refractivity contribution in [1.29, 1.82) is 0 Å². The van der Waals surface area contributed by atoms with Gasteiger partial charge in [-0.3, -0.25) is 14.6 Å². The summed E-state index contributed by atoms with van der Waals surface area (Å²) in [7, 11) is 0. The van der Waals surface area contributed by atoms with E-state index < -0.39 is 12.0 Å². The number of carbonyl (C=O) groups is 2. The molecule has 0 aliphatic carbocycles. The number of hydrogen-bond acceptors (Lipinski definition) is 6. The molecule has 5 rings (SSSR count). The Morgan fingerprint density at radius 2 is 2.00 bits per heavy atom. The summed E-state index contributed by atoms with van der Waals surface area (Å²) in [5.74, 6) is 0.783. The van der Waals surface area contributed by atoms with Crippen molar-refractivity contribution < 1.29 is 19.4 Å². The maximum absolute atomic E-state index is 13.1. The number of aliphatic carboxylic acids is 1. The Labute approximate surface area is 208 Å². The number of rotatable bonds is 7. The predicted molar refractivity (Wildman–Crippen MR) is 136 cm³/mol. The number of carbonyl (C=O) groups excluding carboxylic acids is 1. The van der Waals surface area contributed by atoms with Crippen LogP contribution in [0.1, 0.15) is 45.9 Å². The Hall–Kier alpha value is -4.40. The van der Waals surface area contributed by atoms with E-state index >= 15 is 0 Å². The van der Waals surface area contributed by atoms with Gasteiger partial charge in [-0.1, -0.05) is 12.1 Å². The van der Waals surface area contributed by atoms with Gasteiger partial charge in [0, 0.05) is 31.0 Å². The number of aryl methyl sites for hydroxylation is 3. The van der Waals surface area contributed by atoms with Crippen molar-refractivity contribution in [2.75, 3.05) is 11.9 Å². The molecule has 1 amide bonds. The lowest BCUT2D eigenvalue weighted by Crippen LogP contribution is -2.30. The van der Waals surface area contributed by atoms with Gasteiger partial charge in [0.25, 0.3) is 5.91 Å². The van der Waals surface area contributed by atoms with Crippen LogP contribution in [0, 0.1) is 13.8 Å². The molecule has 0 saturated carbocycles. The summed E-state index contributed by atoms with van der Waals surface area (Å²) in [6.45, 7) is 5.57. The number of anilines is 1. The van der Waals surface area contributed by atoms with Crippen molar-refractivity contribution >= 4 is 28.9 Å². The Balaban J connectivity index is 1.41. The standard InChI is InChI=1S/C27H27N5O4/c1-16-12-19(26(35)30-20(14-23(33)34)18-6-4-9-28-15-18)13-17(2)25(16)36-22-8-3-7-21-24(22)31-27-29-10-5-11-32(21)27/h3-4,6-9,12-13,15,20H,5,10-11,14H2,1-2H3,(H,29,31)(H,30,35)(H,33,34). The van der Waals surface area contributed by atoms with Crippen molar-refractivity contribution in [2.24, 2.45) is 0 Å². The van der Waals surface area contributed by atoms with E-state index in [1.807, 2.05) is 32.0 Å². The van der Waals surface area contributed by atoms with Gasteiger partial charge in [0.15, 0.2) is 5.75 Å². The number of hydrogen-bond donors (Lipinski definition) is 3. The monoisotopic (exact) mass is 485 g/mol. The van der Waals surface area contributed by atoms with Gasteiger partial charge in [-0.05, 0) is 67.3 Å². The van der Waals surface area contributed by atoms with Crippen LogP contribution < -0.4 is 15.4 Å². The number of pyridine rings is 1. The molecule has 1 aliphatic heterocycles. The quantitative estimate of drug-likeness (QED) is 0.350. The van der Waals surface area contributed by atoms with Crippen LogP contribution in [-0.2, 0) is 11.3 Å². The average Bonchev–Trinajstić information content (AvgIpc) is 3.25. The van der Waals surface area contributed by atoms with Gasteiger partial charge in [-0.15, -0.1) is 0 Å². The highest BCUT2D eigenvalue weighted by Gasteiger charge is 2.22. The first-order valence-corrected chi connectivity index (χ1v) is 11.9. The van der Waals surface area contributed by atoms with Gasteiger partial charge >= 0.3 is 5.97 Å². The third-order valence-corrected chi connectivity index (χ3v) is 6.29. The van der Waals surface area contributed by atoms with E-state index in [9.17, 15) is 14.7 Å². The van der Waals surface area contributed by atoms with Gasteiger partial charge in [0.1, 0.15) is 11.3 Å². The number of carboxylic acids is 1. The zero-order valence-electron chi connectivity index (χ0n) is 20.1. The predicted octanol–water partition coefficient (Wildman–Crippen LogP) is 4.60. The molecule has 0 spiro atoms. The molecular weight excluding hydrogens is 458 g/mol. The molecule has 4 aromatic rings. The van der Waals surface area contributed by atoms with Crippen molar-refractivity contribution in [3.05, 3.63) is 77.1 Å². The smallest absolute Gasteiger partial charge is 0.305 e. The summed E-state index contributed by atoms with van der Waals surface area (Å²) >= 11 is 0. The second kappa shape index (κ2) is 9.69. The molecule has 9 nitrogen and oxygen atoms in total. The van der Waals surface area contributed by atoms with Crippen LogP contribution in [0.5, 0.6) is 11.5 Å². The minimum absolute atomic E-state index is 0.246. The Bertz CT molecular complexity index is 1420. The third-order valence-electron chi connectivity index (χ3n) is 6.29. The van der Waals surface area contributed by atoms with Crippen molar-refractivity contribution in [3.8, 4) is 11.5 Å². The van der Waals surface area contributed by atoms with Crippen molar-refractivity contribution in [2.45, 2.75) is 39.3 Å². The zero-order valence-corrected chi connectivity index (χ0v) is 20.1. The lowest BCUT2D eigenvalue weighted by Gasteiger charge is -2.18. The van der Waals surface area contributed by atoms with Crippen molar-refractivity contribution in [3.63, 3.8) is 0 Å². The number of aromatic nitrogens is 3. The van der Waals surface area contributed by atoms with E-state index in [1.165, 1.54) is 0 Å². The molecule has 2 aromatic carbocycles. The second-order valence-corrected chi connectivity index (χ2v) is 8.94. The van der Waals surface area contributed by atoms with Crippen LogP contribution in [0.4, 0.5) is 5.95 Å². The molecule has 184 valence electrons. The number of ether oxygens (including phenoxy) is 1. The first-order valence-electron chi connectivity index (χ1n) is 11.9. The summed E-state index contributed by atoms with van der Waals surface area (Å²) in [5, 5.41) is 15.5. The Kier molecular flexibility index (Phi) is 6.28. The first-order chi connectivity index (χ1) is 17.4. The molecular formula is C27H27N5O4. The van der Waals surface area contributed by atoms with E-state index in [0.29, 0.717) is 22.6 Å². The third kappa shape index (κ3) is 4.59. The molecule has 1 atom stereocenters. The highest BCUT2D eigenvalue weighted by molar-refractivity contribution is 5.95. The SMILES string of the molecule is Cc1cc(C(=O)NC(CC(=O)O)c2cccnc2)cc(C)c1Oc1cccc2c1nc1n2CCCN1. The maximum Gasteiger partial charge on any atom is 0.305 e. The minimum Gasteiger partial charge on any atom is -0.481 e. The van der Waals surface area contributed by atoms with E-state index in [4.69, 9.17) is 9.72 Å². The van der Waals surface area contributed by atoms with Gasteiger partial charge in [0.2, 0.25) is 5.95 Å². The molecule has 3 N–H and O–H groups in total. The zero-order chi connectivity index (χ0) is 25.2. The number of nitrogens with zero attached hydrogens (tertiary/aromatic N) is 3. The highest BCUT2D eigenvalue weighted by Crippen LogP contribution is 2.35. The molecule has 0 saturated heterocycles. The molecule has 9 heteroatoms. The van der Waals surface area contributed by atoms with Gasteiger partial charge in [-0.25, -0.2) is 4.98 Å². The van der Waals surface area contributed by atoms with Crippen LogP contribution in [0.2, 0.25) is 0 Å². The number of para-hydroxylation sites is 1. The van der Waals surface area contributed by atoms with Crippen LogP contribution in [-0.4, -0.2) is 38.1 Å². The molecule has 0 fully saturated rings. The summed E-state index contributed by atoms with van der Waals surface area (Å²) in [4.78, 5) is 33.3. The molecule has 2 aromatic heterocycles. The number of benzene rings is 2. The maximum atomic E-state index is 13.1. The summed E-state index contributed by atoms with van der Waals surface area (Å²) in [6.07, 6.45) is 3.96. The summed E-state index contributed by atoms with van der Waals surface area (Å²) in [6, 6.07) is 12.1. The summed E-state index contributed by atoms with van der Waals surface area (Å²) < 4.78 is 8.51. The number of imidazole rings is 1. The van der Waals surface area contributed by atoms with Gasteiger partial charge in [-0.2, -0.15) is 0 Å². The minimum atomic E-state index is -1.01. The van der Waals surface area contributed by atoms with Crippen LogP contribution in [0.3, 0.4) is 0 Å². The number of carboxylic acid groups (broad SMARTS) is 1. The molecule has 0 radical (unpaired) electrons. The molecule has 3 heterocycles. The average molecular weight is 486 g/mol. The molecule has 0 bridgehead atoms. The highest BCUT2D eigenvalue weighted by atomic mass is 16.5. The fourth-order valence-electron chi connectivity index (χ4n) is 4.61. The Morgan fingerprint density at radius 3 is 2.72 bits per heavy atom. The normalized spacial score (nSPS) is 13.5. The first kappa shape index (κ1) is 23.3. The Morgan fingerprint density at radius 1 is 1.19 bits per heavy atom. The number of amides is 1. The van der Waals surface area contributed by atoms with Crippen LogP contribution in [0.15, 0.2) is 54.9 Å². The summed E-state index contributed by atoms with van der Waals surface area (Å²) in [5.41, 5.74) is 4.44. The van der Waals surface area contributed by atoms with Crippen molar-refractivity contribution in [1.82, 2.24) is 19.9 Å².